The van der Waals surface area contributed by atoms with Crippen molar-refractivity contribution in [3.8, 4) is 17.2 Å². The molecule has 0 aromatic heterocycles. The average molecular weight is 287 g/mol. The second kappa shape index (κ2) is 7.49. The van der Waals surface area contributed by atoms with Crippen LogP contribution in [0.1, 0.15) is 56.6 Å². The predicted octanol–water partition coefficient (Wildman–Crippen LogP) is 4.67. The summed E-state index contributed by atoms with van der Waals surface area (Å²) in [7, 11) is 0. The second-order valence-electron chi connectivity index (χ2n) is 4.98. The lowest BCUT2D eigenvalue weighted by atomic mass is 10.0. The molecule has 0 bridgehead atoms. The van der Waals surface area contributed by atoms with Gasteiger partial charge in [-0.15, -0.1) is 0 Å². The standard InChI is InChI=1S/C15H23ClO3/c1-3-4-5-6-7-8-9-11-14(18)12(16)10(2)13(17)15(11)19/h17-19H,3-9H2,1-2H3. The van der Waals surface area contributed by atoms with Gasteiger partial charge in [0.2, 0.25) is 0 Å². The molecule has 0 atom stereocenters. The zero-order valence-corrected chi connectivity index (χ0v) is 12.4. The minimum atomic E-state index is -0.243. The molecule has 4 heteroatoms. The number of halogens is 1. The van der Waals surface area contributed by atoms with Crippen molar-refractivity contribution in [2.24, 2.45) is 0 Å². The molecular weight excluding hydrogens is 264 g/mol. The molecule has 0 amide bonds. The third-order valence-electron chi connectivity index (χ3n) is 3.47. The van der Waals surface area contributed by atoms with Crippen LogP contribution in [-0.4, -0.2) is 15.3 Å². The third kappa shape index (κ3) is 3.93. The molecule has 0 aliphatic carbocycles. The zero-order valence-electron chi connectivity index (χ0n) is 11.7. The van der Waals surface area contributed by atoms with Crippen LogP contribution in [0.4, 0.5) is 0 Å². The van der Waals surface area contributed by atoms with E-state index in [1.807, 2.05) is 0 Å². The molecule has 3 nitrogen and oxygen atoms in total. The Morgan fingerprint density at radius 3 is 2.05 bits per heavy atom. The van der Waals surface area contributed by atoms with Crippen LogP contribution < -0.4 is 0 Å². The minimum Gasteiger partial charge on any atom is -0.506 e. The first-order valence-corrected chi connectivity index (χ1v) is 7.30. The van der Waals surface area contributed by atoms with E-state index < -0.39 is 0 Å². The molecule has 1 aromatic rings. The highest BCUT2D eigenvalue weighted by molar-refractivity contribution is 6.33. The SMILES string of the molecule is CCCCCCCCc1c(O)c(O)c(C)c(Cl)c1O. The van der Waals surface area contributed by atoms with E-state index in [4.69, 9.17) is 11.6 Å². The number of hydrogen-bond acceptors (Lipinski definition) is 3. The van der Waals surface area contributed by atoms with E-state index in [2.05, 4.69) is 6.92 Å². The van der Waals surface area contributed by atoms with Gasteiger partial charge in [-0.1, -0.05) is 50.6 Å². The number of benzene rings is 1. The van der Waals surface area contributed by atoms with Crippen LogP contribution in [0.15, 0.2) is 0 Å². The molecule has 0 spiro atoms. The van der Waals surface area contributed by atoms with Crippen molar-refractivity contribution < 1.29 is 15.3 Å². The van der Waals surface area contributed by atoms with Gasteiger partial charge in [0.15, 0.2) is 11.5 Å². The van der Waals surface area contributed by atoms with Crippen molar-refractivity contribution in [2.45, 2.75) is 58.8 Å². The van der Waals surface area contributed by atoms with Crippen LogP contribution in [0.3, 0.4) is 0 Å². The van der Waals surface area contributed by atoms with E-state index in [1.165, 1.54) is 19.3 Å². The Labute approximate surface area is 119 Å². The number of unbranched alkanes of at least 4 members (excludes halogenated alkanes) is 5. The fourth-order valence-electron chi connectivity index (χ4n) is 2.17. The summed E-state index contributed by atoms with van der Waals surface area (Å²) in [6.45, 7) is 3.73. The average Bonchev–Trinajstić information content (AvgIpc) is 2.41. The van der Waals surface area contributed by atoms with Crippen molar-refractivity contribution in [1.82, 2.24) is 0 Å². The van der Waals surface area contributed by atoms with Crippen molar-refractivity contribution in [1.29, 1.82) is 0 Å². The molecule has 0 aliphatic heterocycles. The van der Waals surface area contributed by atoms with Crippen LogP contribution in [-0.2, 0) is 6.42 Å². The summed E-state index contributed by atoms with van der Waals surface area (Å²) in [6.07, 6.45) is 7.26. The molecule has 3 N–H and O–H groups in total. The van der Waals surface area contributed by atoms with Crippen LogP contribution in [0.2, 0.25) is 5.02 Å². The van der Waals surface area contributed by atoms with E-state index in [0.29, 0.717) is 17.5 Å². The Balaban J connectivity index is 2.64. The number of aromatic hydroxyl groups is 3. The van der Waals surface area contributed by atoms with Gasteiger partial charge >= 0.3 is 0 Å². The summed E-state index contributed by atoms with van der Waals surface area (Å²) < 4.78 is 0. The highest BCUT2D eigenvalue weighted by Gasteiger charge is 2.19. The van der Waals surface area contributed by atoms with Crippen molar-refractivity contribution >= 4 is 11.6 Å². The molecular formula is C15H23ClO3. The molecule has 19 heavy (non-hydrogen) atoms. The molecule has 108 valence electrons. The maximum absolute atomic E-state index is 9.92. The Morgan fingerprint density at radius 2 is 1.42 bits per heavy atom. The predicted molar refractivity (Wildman–Crippen MR) is 78.3 cm³/mol. The van der Waals surface area contributed by atoms with E-state index in [-0.39, 0.29) is 22.3 Å². The van der Waals surface area contributed by atoms with E-state index >= 15 is 0 Å². The van der Waals surface area contributed by atoms with Gasteiger partial charge in [-0.05, 0) is 19.8 Å². The second-order valence-corrected chi connectivity index (χ2v) is 5.36. The van der Waals surface area contributed by atoms with E-state index in [1.54, 1.807) is 6.92 Å². The van der Waals surface area contributed by atoms with Crippen LogP contribution in [0.25, 0.3) is 0 Å². The first-order valence-electron chi connectivity index (χ1n) is 6.92. The molecule has 1 rings (SSSR count). The molecule has 0 saturated carbocycles. The van der Waals surface area contributed by atoms with Gasteiger partial charge in [-0.25, -0.2) is 0 Å². The monoisotopic (exact) mass is 286 g/mol. The number of rotatable bonds is 7. The van der Waals surface area contributed by atoms with Crippen LogP contribution >= 0.6 is 11.6 Å². The van der Waals surface area contributed by atoms with E-state index in [0.717, 1.165) is 19.3 Å². The van der Waals surface area contributed by atoms with Gasteiger partial charge in [-0.3, -0.25) is 0 Å². The fourth-order valence-corrected chi connectivity index (χ4v) is 2.37. The maximum Gasteiger partial charge on any atom is 0.164 e. The molecule has 0 heterocycles. The lowest BCUT2D eigenvalue weighted by molar-refractivity contribution is 0.385. The number of hydrogen-bond donors (Lipinski definition) is 3. The molecule has 0 saturated heterocycles. The van der Waals surface area contributed by atoms with Gasteiger partial charge < -0.3 is 15.3 Å². The molecule has 0 unspecified atom stereocenters. The quantitative estimate of drug-likeness (QED) is 0.388. The van der Waals surface area contributed by atoms with Gasteiger partial charge in [0.1, 0.15) is 5.75 Å². The largest absolute Gasteiger partial charge is 0.506 e. The van der Waals surface area contributed by atoms with E-state index in [9.17, 15) is 15.3 Å². The summed E-state index contributed by atoms with van der Waals surface area (Å²) >= 11 is 5.92. The summed E-state index contributed by atoms with van der Waals surface area (Å²) in [5.74, 6) is -0.584. The topological polar surface area (TPSA) is 60.7 Å². The van der Waals surface area contributed by atoms with Crippen LogP contribution in [0, 0.1) is 6.92 Å². The summed E-state index contributed by atoms with van der Waals surface area (Å²) in [4.78, 5) is 0. The Bertz CT molecular complexity index is 401. The third-order valence-corrected chi connectivity index (χ3v) is 3.93. The first kappa shape index (κ1) is 16.0. The normalized spacial score (nSPS) is 10.9. The minimum absolute atomic E-state index is 0.108. The molecule has 0 radical (unpaired) electrons. The Morgan fingerprint density at radius 1 is 0.842 bits per heavy atom. The summed E-state index contributed by atoms with van der Waals surface area (Å²) in [5, 5.41) is 29.6. The summed E-state index contributed by atoms with van der Waals surface area (Å²) in [5.41, 5.74) is 0.659. The number of phenols is 3. The molecule has 0 aliphatic rings. The summed E-state index contributed by atoms with van der Waals surface area (Å²) in [6, 6.07) is 0. The lowest BCUT2D eigenvalue weighted by Gasteiger charge is -2.13. The van der Waals surface area contributed by atoms with Crippen molar-refractivity contribution in [3.63, 3.8) is 0 Å². The Hall–Kier alpha value is -1.09. The first-order chi connectivity index (χ1) is 9.00. The number of phenolic OH excluding ortho intramolecular Hbond substituents is 3. The molecule has 1 aromatic carbocycles. The highest BCUT2D eigenvalue weighted by Crippen LogP contribution is 2.45. The van der Waals surface area contributed by atoms with Crippen molar-refractivity contribution in [2.75, 3.05) is 0 Å². The van der Waals surface area contributed by atoms with Gasteiger partial charge in [0.05, 0.1) is 5.02 Å². The smallest absolute Gasteiger partial charge is 0.164 e. The van der Waals surface area contributed by atoms with Gasteiger partial charge in [0.25, 0.3) is 0 Å². The van der Waals surface area contributed by atoms with Crippen molar-refractivity contribution in [3.05, 3.63) is 16.1 Å². The highest BCUT2D eigenvalue weighted by atomic mass is 35.5. The van der Waals surface area contributed by atoms with Crippen LogP contribution in [0.5, 0.6) is 17.2 Å². The lowest BCUT2D eigenvalue weighted by Crippen LogP contribution is -1.92. The maximum atomic E-state index is 9.92. The van der Waals surface area contributed by atoms with Gasteiger partial charge in [-0.2, -0.15) is 0 Å². The molecule has 0 fully saturated rings. The Kier molecular flexibility index (Phi) is 6.29. The zero-order chi connectivity index (χ0) is 14.4. The van der Waals surface area contributed by atoms with Gasteiger partial charge in [0, 0.05) is 11.1 Å². The fraction of sp³-hybridized carbons (Fsp3) is 0.600.